The number of ether oxygens (including phenoxy) is 1. The monoisotopic (exact) mass is 342 g/mol. The van der Waals surface area contributed by atoms with Crippen LogP contribution < -0.4 is 4.74 Å². The van der Waals surface area contributed by atoms with Crippen molar-refractivity contribution in [2.45, 2.75) is 38.6 Å². The van der Waals surface area contributed by atoms with Crippen molar-refractivity contribution in [1.29, 1.82) is 0 Å². The minimum absolute atomic E-state index is 0.0847. The third-order valence-electron chi connectivity index (χ3n) is 4.70. The SMILES string of the molecule is COc1cnc(C)cc1C(=O)N1CCCCCC1c1cccc(F)c1. The molecular weight excluding hydrogens is 319 g/mol. The third kappa shape index (κ3) is 3.81. The minimum Gasteiger partial charge on any atom is -0.494 e. The van der Waals surface area contributed by atoms with Gasteiger partial charge in [0.2, 0.25) is 0 Å². The summed E-state index contributed by atoms with van der Waals surface area (Å²) in [5.74, 6) is 0.114. The Morgan fingerprint density at radius 2 is 2.12 bits per heavy atom. The van der Waals surface area contributed by atoms with Crippen molar-refractivity contribution in [3.8, 4) is 5.75 Å². The normalized spacial score (nSPS) is 17.9. The maximum atomic E-state index is 13.7. The lowest BCUT2D eigenvalue weighted by molar-refractivity contribution is 0.0677. The van der Waals surface area contributed by atoms with E-state index in [0.717, 1.165) is 36.9 Å². The Morgan fingerprint density at radius 3 is 2.88 bits per heavy atom. The molecule has 0 N–H and O–H groups in total. The molecule has 0 radical (unpaired) electrons. The van der Waals surface area contributed by atoms with E-state index >= 15 is 0 Å². The standard InChI is InChI=1S/C20H23FN2O2/c1-14-11-17(19(25-2)13-22-14)20(24)23-10-5-3-4-9-18(23)15-7-6-8-16(21)12-15/h6-8,11-13,18H,3-5,9-10H2,1-2H3. The molecule has 1 saturated heterocycles. The molecule has 1 aromatic heterocycles. The van der Waals surface area contributed by atoms with Crippen LogP contribution in [-0.4, -0.2) is 29.4 Å². The van der Waals surface area contributed by atoms with Crippen LogP contribution in [0.15, 0.2) is 36.5 Å². The van der Waals surface area contributed by atoms with E-state index in [1.807, 2.05) is 17.9 Å². The van der Waals surface area contributed by atoms with Crippen LogP contribution in [0.25, 0.3) is 0 Å². The van der Waals surface area contributed by atoms with E-state index in [4.69, 9.17) is 4.74 Å². The lowest BCUT2D eigenvalue weighted by Gasteiger charge is -2.31. The van der Waals surface area contributed by atoms with E-state index in [-0.39, 0.29) is 17.8 Å². The van der Waals surface area contributed by atoms with E-state index in [2.05, 4.69) is 4.98 Å². The van der Waals surface area contributed by atoms with Crippen LogP contribution in [0.5, 0.6) is 5.75 Å². The number of nitrogens with zero attached hydrogens (tertiary/aromatic N) is 2. The van der Waals surface area contributed by atoms with Gasteiger partial charge in [0.25, 0.3) is 5.91 Å². The maximum absolute atomic E-state index is 13.7. The summed E-state index contributed by atoms with van der Waals surface area (Å²) < 4.78 is 19.0. The first-order chi connectivity index (χ1) is 12.1. The van der Waals surface area contributed by atoms with Gasteiger partial charge in [-0.3, -0.25) is 9.78 Å². The summed E-state index contributed by atoms with van der Waals surface area (Å²) in [6.07, 6.45) is 5.46. The molecule has 5 heteroatoms. The van der Waals surface area contributed by atoms with E-state index in [9.17, 15) is 9.18 Å². The molecule has 1 aromatic carbocycles. The second-order valence-electron chi connectivity index (χ2n) is 6.44. The van der Waals surface area contributed by atoms with Gasteiger partial charge in [0.1, 0.15) is 11.6 Å². The molecule has 1 amide bonds. The molecule has 0 aliphatic carbocycles. The van der Waals surface area contributed by atoms with Crippen molar-refractivity contribution in [3.63, 3.8) is 0 Å². The fourth-order valence-electron chi connectivity index (χ4n) is 3.44. The zero-order valence-electron chi connectivity index (χ0n) is 14.7. The molecule has 132 valence electrons. The molecule has 1 fully saturated rings. The van der Waals surface area contributed by atoms with Gasteiger partial charge in [-0.25, -0.2) is 4.39 Å². The highest BCUT2D eigenvalue weighted by atomic mass is 19.1. The number of rotatable bonds is 3. The Hall–Kier alpha value is -2.43. The number of hydrogen-bond acceptors (Lipinski definition) is 3. The predicted molar refractivity (Wildman–Crippen MR) is 94.2 cm³/mol. The number of aromatic nitrogens is 1. The second kappa shape index (κ2) is 7.64. The summed E-state index contributed by atoms with van der Waals surface area (Å²) in [5, 5.41) is 0. The Balaban J connectivity index is 1.99. The number of amides is 1. The molecule has 0 spiro atoms. The van der Waals surface area contributed by atoms with Crippen molar-refractivity contribution in [3.05, 3.63) is 59.2 Å². The predicted octanol–water partition coefficient (Wildman–Crippen LogP) is 4.30. The van der Waals surface area contributed by atoms with Gasteiger partial charge < -0.3 is 9.64 Å². The number of benzene rings is 1. The van der Waals surface area contributed by atoms with E-state index < -0.39 is 0 Å². The molecule has 0 saturated carbocycles. The third-order valence-corrected chi connectivity index (χ3v) is 4.70. The van der Waals surface area contributed by atoms with Crippen LogP contribution in [0.1, 0.15) is 53.3 Å². The van der Waals surface area contributed by atoms with E-state index in [1.165, 1.54) is 19.2 Å². The summed E-state index contributed by atoms with van der Waals surface area (Å²) in [4.78, 5) is 19.3. The summed E-state index contributed by atoms with van der Waals surface area (Å²) in [6.45, 7) is 2.51. The maximum Gasteiger partial charge on any atom is 0.258 e. The summed E-state index contributed by atoms with van der Waals surface area (Å²) >= 11 is 0. The molecular formula is C20H23FN2O2. The van der Waals surface area contributed by atoms with Crippen molar-refractivity contribution < 1.29 is 13.9 Å². The zero-order chi connectivity index (χ0) is 17.8. The molecule has 3 rings (SSSR count). The number of likely N-dealkylation sites (tertiary alicyclic amines) is 1. The molecule has 2 aromatic rings. The van der Waals surface area contributed by atoms with Gasteiger partial charge >= 0.3 is 0 Å². The van der Waals surface area contributed by atoms with Gasteiger partial charge in [-0.1, -0.05) is 25.0 Å². The average Bonchev–Trinajstić information content (AvgIpc) is 2.87. The topological polar surface area (TPSA) is 42.4 Å². The highest BCUT2D eigenvalue weighted by Gasteiger charge is 2.29. The number of pyridine rings is 1. The number of hydrogen-bond donors (Lipinski definition) is 0. The molecule has 1 unspecified atom stereocenters. The van der Waals surface area contributed by atoms with Crippen LogP contribution in [-0.2, 0) is 0 Å². The number of aryl methyl sites for hydroxylation is 1. The summed E-state index contributed by atoms with van der Waals surface area (Å²) in [5.41, 5.74) is 2.12. The largest absolute Gasteiger partial charge is 0.494 e. The lowest BCUT2D eigenvalue weighted by Crippen LogP contribution is -2.35. The fraction of sp³-hybridized carbons (Fsp3) is 0.400. The van der Waals surface area contributed by atoms with E-state index in [0.29, 0.717) is 17.9 Å². The Labute approximate surface area is 147 Å². The van der Waals surface area contributed by atoms with Crippen molar-refractivity contribution in [2.75, 3.05) is 13.7 Å². The molecule has 0 bridgehead atoms. The summed E-state index contributed by atoms with van der Waals surface area (Å²) in [7, 11) is 1.54. The minimum atomic E-state index is -0.272. The highest BCUT2D eigenvalue weighted by Crippen LogP contribution is 2.33. The van der Waals surface area contributed by atoms with Gasteiger partial charge in [-0.05, 0) is 43.5 Å². The van der Waals surface area contributed by atoms with Crippen LogP contribution in [0, 0.1) is 12.7 Å². The Kier molecular flexibility index (Phi) is 5.31. The molecule has 25 heavy (non-hydrogen) atoms. The lowest BCUT2D eigenvalue weighted by atomic mass is 10.00. The quantitative estimate of drug-likeness (QED) is 0.835. The number of methoxy groups -OCH3 is 1. The van der Waals surface area contributed by atoms with Gasteiger partial charge in [-0.2, -0.15) is 0 Å². The van der Waals surface area contributed by atoms with Crippen molar-refractivity contribution >= 4 is 5.91 Å². The first-order valence-corrected chi connectivity index (χ1v) is 8.67. The Morgan fingerprint density at radius 1 is 1.28 bits per heavy atom. The second-order valence-corrected chi connectivity index (χ2v) is 6.44. The van der Waals surface area contributed by atoms with Gasteiger partial charge in [0.05, 0.1) is 24.9 Å². The fourth-order valence-corrected chi connectivity index (χ4v) is 3.44. The van der Waals surface area contributed by atoms with Gasteiger partial charge in [0, 0.05) is 12.2 Å². The van der Waals surface area contributed by atoms with Crippen molar-refractivity contribution in [1.82, 2.24) is 9.88 Å². The van der Waals surface area contributed by atoms with Crippen LogP contribution in [0.4, 0.5) is 4.39 Å². The van der Waals surface area contributed by atoms with Gasteiger partial charge in [0.15, 0.2) is 0 Å². The van der Waals surface area contributed by atoms with E-state index in [1.54, 1.807) is 18.3 Å². The van der Waals surface area contributed by atoms with Crippen LogP contribution in [0.3, 0.4) is 0 Å². The first kappa shape index (κ1) is 17.4. The Bertz CT molecular complexity index is 763. The highest BCUT2D eigenvalue weighted by molar-refractivity contribution is 5.97. The molecule has 1 aliphatic rings. The van der Waals surface area contributed by atoms with Crippen molar-refractivity contribution in [2.24, 2.45) is 0 Å². The molecule has 1 aliphatic heterocycles. The van der Waals surface area contributed by atoms with Gasteiger partial charge in [-0.15, -0.1) is 0 Å². The zero-order valence-corrected chi connectivity index (χ0v) is 14.7. The number of carbonyl (C=O) groups excluding carboxylic acids is 1. The molecule has 4 nitrogen and oxygen atoms in total. The van der Waals surface area contributed by atoms with Crippen LogP contribution >= 0.6 is 0 Å². The average molecular weight is 342 g/mol. The molecule has 1 atom stereocenters. The summed E-state index contributed by atoms with van der Waals surface area (Å²) in [6, 6.07) is 8.20. The molecule has 2 heterocycles. The smallest absolute Gasteiger partial charge is 0.258 e. The first-order valence-electron chi connectivity index (χ1n) is 8.67. The van der Waals surface area contributed by atoms with Crippen LogP contribution in [0.2, 0.25) is 0 Å². The number of halogens is 1. The number of carbonyl (C=O) groups is 1.